The molecule has 3 aromatic rings. The Labute approximate surface area is 210 Å². The lowest BCUT2D eigenvalue weighted by Gasteiger charge is -2.46. The van der Waals surface area contributed by atoms with Crippen LogP contribution in [-0.2, 0) is 10.0 Å². The van der Waals surface area contributed by atoms with Crippen molar-refractivity contribution < 1.29 is 30.7 Å². The smallest absolute Gasteiger partial charge is 0.391 e. The first-order chi connectivity index (χ1) is 17.6. The van der Waals surface area contributed by atoms with Gasteiger partial charge in [0.05, 0.1) is 12.5 Å². The standard InChI is InChI=1S/C24H23F4N5O3S/c25-18-11-17-19(33-8-4-16(24(26,27)28)10-20(33)15-2-1-6-29-13-15)5-9-36-21(17)12-22(18)37(34,35)32-23-3-7-30-14-31-23/h1-3,6-7,11-14,16,19-20H,4-5,8-10H2,(H,30,31,32)/t16-,19-,20+/m0/s1. The summed E-state index contributed by atoms with van der Waals surface area (Å²) in [4.78, 5) is 12.9. The number of fused-ring (bicyclic) bond motifs is 1. The molecular formula is C24H23F4N5O3S. The summed E-state index contributed by atoms with van der Waals surface area (Å²) in [6, 6.07) is 5.87. The summed E-state index contributed by atoms with van der Waals surface area (Å²) in [5.41, 5.74) is 1.03. The van der Waals surface area contributed by atoms with Gasteiger partial charge in [0.2, 0.25) is 0 Å². The first kappa shape index (κ1) is 25.3. The Kier molecular flexibility index (Phi) is 6.75. The molecule has 0 aliphatic carbocycles. The van der Waals surface area contributed by atoms with Crippen molar-refractivity contribution in [3.8, 4) is 5.75 Å². The highest BCUT2D eigenvalue weighted by Crippen LogP contribution is 2.48. The van der Waals surface area contributed by atoms with Crippen molar-refractivity contribution in [2.75, 3.05) is 17.9 Å². The number of hydrogen-bond donors (Lipinski definition) is 1. The Morgan fingerprint density at radius 1 is 1.08 bits per heavy atom. The molecule has 0 bridgehead atoms. The van der Waals surface area contributed by atoms with E-state index in [2.05, 4.69) is 19.7 Å². The molecule has 3 atom stereocenters. The van der Waals surface area contributed by atoms with Crippen LogP contribution in [0.3, 0.4) is 0 Å². The highest BCUT2D eigenvalue weighted by Gasteiger charge is 2.46. The zero-order valence-electron chi connectivity index (χ0n) is 19.4. The Morgan fingerprint density at radius 3 is 2.62 bits per heavy atom. The number of piperidine rings is 1. The number of likely N-dealkylation sites (tertiary alicyclic amines) is 1. The number of hydrogen-bond acceptors (Lipinski definition) is 7. The molecule has 4 heterocycles. The zero-order chi connectivity index (χ0) is 26.2. The van der Waals surface area contributed by atoms with Crippen LogP contribution >= 0.6 is 0 Å². The van der Waals surface area contributed by atoms with Gasteiger partial charge in [-0.25, -0.2) is 22.8 Å². The molecule has 5 rings (SSSR count). The van der Waals surface area contributed by atoms with E-state index in [1.807, 2.05) is 4.90 Å². The van der Waals surface area contributed by atoms with Crippen LogP contribution in [0.5, 0.6) is 5.75 Å². The van der Waals surface area contributed by atoms with Gasteiger partial charge in [-0.15, -0.1) is 0 Å². The van der Waals surface area contributed by atoms with Gasteiger partial charge in [-0.2, -0.15) is 13.2 Å². The molecule has 13 heteroatoms. The second-order valence-corrected chi connectivity index (χ2v) is 10.6. The van der Waals surface area contributed by atoms with Crippen LogP contribution in [0.4, 0.5) is 23.4 Å². The molecule has 1 aromatic carbocycles. The fourth-order valence-corrected chi connectivity index (χ4v) is 6.10. The number of pyridine rings is 1. The van der Waals surface area contributed by atoms with E-state index >= 15 is 4.39 Å². The average Bonchev–Trinajstić information content (AvgIpc) is 2.88. The van der Waals surface area contributed by atoms with E-state index in [1.165, 1.54) is 12.3 Å². The van der Waals surface area contributed by atoms with Crippen molar-refractivity contribution in [2.45, 2.75) is 42.4 Å². The summed E-state index contributed by atoms with van der Waals surface area (Å²) in [7, 11) is -4.34. The van der Waals surface area contributed by atoms with Crippen LogP contribution in [0.25, 0.3) is 0 Å². The fraction of sp³-hybridized carbons (Fsp3) is 0.375. The van der Waals surface area contributed by atoms with Gasteiger partial charge < -0.3 is 4.74 Å². The Morgan fingerprint density at radius 2 is 1.92 bits per heavy atom. The van der Waals surface area contributed by atoms with Gasteiger partial charge in [0, 0.05) is 48.7 Å². The molecule has 1 fully saturated rings. The molecule has 0 saturated carbocycles. The number of rotatable bonds is 5. The minimum Gasteiger partial charge on any atom is -0.493 e. The third kappa shape index (κ3) is 5.23. The van der Waals surface area contributed by atoms with Gasteiger partial charge in [-0.05, 0) is 43.1 Å². The summed E-state index contributed by atoms with van der Waals surface area (Å²) >= 11 is 0. The van der Waals surface area contributed by atoms with Crippen molar-refractivity contribution in [3.05, 3.63) is 72.2 Å². The molecular weight excluding hydrogens is 514 g/mol. The van der Waals surface area contributed by atoms with Crippen molar-refractivity contribution in [1.82, 2.24) is 19.9 Å². The third-order valence-electron chi connectivity index (χ3n) is 6.76. The monoisotopic (exact) mass is 537 g/mol. The Balaban J connectivity index is 1.49. The van der Waals surface area contributed by atoms with Gasteiger partial charge >= 0.3 is 6.18 Å². The third-order valence-corrected chi connectivity index (χ3v) is 8.13. The lowest BCUT2D eigenvalue weighted by molar-refractivity contribution is -0.192. The highest BCUT2D eigenvalue weighted by molar-refractivity contribution is 7.92. The van der Waals surface area contributed by atoms with Crippen LogP contribution in [0.1, 0.15) is 42.5 Å². The molecule has 1 saturated heterocycles. The van der Waals surface area contributed by atoms with Crippen LogP contribution in [0.15, 0.2) is 60.1 Å². The van der Waals surface area contributed by atoms with Gasteiger partial charge in [0.15, 0.2) is 0 Å². The van der Waals surface area contributed by atoms with Crippen LogP contribution in [-0.4, -0.2) is 47.6 Å². The Bertz CT molecular complexity index is 1360. The molecule has 8 nitrogen and oxygen atoms in total. The molecule has 196 valence electrons. The molecule has 0 unspecified atom stereocenters. The average molecular weight is 538 g/mol. The van der Waals surface area contributed by atoms with Crippen molar-refractivity contribution in [1.29, 1.82) is 0 Å². The number of benzene rings is 1. The minimum absolute atomic E-state index is 0.0298. The van der Waals surface area contributed by atoms with Gasteiger partial charge in [0.1, 0.15) is 28.6 Å². The number of aromatic nitrogens is 3. The maximum atomic E-state index is 15.3. The van der Waals surface area contributed by atoms with Crippen LogP contribution < -0.4 is 9.46 Å². The minimum atomic E-state index is -4.34. The van der Waals surface area contributed by atoms with Crippen molar-refractivity contribution >= 4 is 15.8 Å². The summed E-state index contributed by atoms with van der Waals surface area (Å²) in [5, 5.41) is 0. The number of alkyl halides is 3. The first-order valence-electron chi connectivity index (χ1n) is 11.6. The predicted octanol–water partition coefficient (Wildman–Crippen LogP) is 4.65. The van der Waals surface area contributed by atoms with Crippen molar-refractivity contribution in [2.24, 2.45) is 5.92 Å². The molecule has 0 radical (unpaired) electrons. The zero-order valence-corrected chi connectivity index (χ0v) is 20.2. The second kappa shape index (κ2) is 9.86. The summed E-state index contributed by atoms with van der Waals surface area (Å²) in [5.74, 6) is -2.33. The number of ether oxygens (including phenoxy) is 1. The normalized spacial score (nSPS) is 22.6. The quantitative estimate of drug-likeness (QED) is 0.473. The maximum absolute atomic E-state index is 15.3. The molecule has 2 aliphatic rings. The van der Waals surface area contributed by atoms with E-state index < -0.39 is 44.9 Å². The van der Waals surface area contributed by atoms with E-state index in [-0.39, 0.29) is 37.6 Å². The maximum Gasteiger partial charge on any atom is 0.391 e. The summed E-state index contributed by atoms with van der Waals surface area (Å²) < 4.78 is 89.8. The predicted molar refractivity (Wildman–Crippen MR) is 125 cm³/mol. The Hall–Kier alpha value is -3.32. The lowest BCUT2D eigenvalue weighted by Crippen LogP contribution is -2.44. The second-order valence-electron chi connectivity index (χ2n) is 8.98. The van der Waals surface area contributed by atoms with E-state index in [0.717, 1.165) is 18.5 Å². The largest absolute Gasteiger partial charge is 0.493 e. The molecule has 0 spiro atoms. The fourth-order valence-electron chi connectivity index (χ4n) is 5.02. The lowest BCUT2D eigenvalue weighted by atomic mass is 9.84. The summed E-state index contributed by atoms with van der Waals surface area (Å²) in [6.07, 6.45) is 1.42. The number of sulfonamides is 1. The van der Waals surface area contributed by atoms with Crippen LogP contribution in [0.2, 0.25) is 0 Å². The summed E-state index contributed by atoms with van der Waals surface area (Å²) in [6.45, 7) is 0.325. The van der Waals surface area contributed by atoms with E-state index in [0.29, 0.717) is 17.5 Å². The number of nitrogens with one attached hydrogen (secondary N) is 1. The molecule has 1 N–H and O–H groups in total. The molecule has 37 heavy (non-hydrogen) atoms. The number of anilines is 1. The van der Waals surface area contributed by atoms with E-state index in [1.54, 1.807) is 24.5 Å². The highest BCUT2D eigenvalue weighted by atomic mass is 32.2. The van der Waals surface area contributed by atoms with Gasteiger partial charge in [-0.3, -0.25) is 14.6 Å². The van der Waals surface area contributed by atoms with E-state index in [4.69, 9.17) is 4.74 Å². The van der Waals surface area contributed by atoms with Gasteiger partial charge in [0.25, 0.3) is 10.0 Å². The SMILES string of the molecule is O=S(=O)(Nc1ccncn1)c1cc2c(cc1F)[C@@H](N1CC[C@H](C(F)(F)F)C[C@@H]1c1cccnc1)CCO2. The first-order valence-corrected chi connectivity index (χ1v) is 13.1. The van der Waals surface area contributed by atoms with Gasteiger partial charge in [-0.1, -0.05) is 6.07 Å². The topological polar surface area (TPSA) is 97.3 Å². The van der Waals surface area contributed by atoms with Crippen LogP contribution in [0, 0.1) is 11.7 Å². The van der Waals surface area contributed by atoms with E-state index in [9.17, 15) is 21.6 Å². The number of nitrogens with zero attached hydrogens (tertiary/aromatic N) is 4. The number of halogens is 4. The van der Waals surface area contributed by atoms with Crippen molar-refractivity contribution in [3.63, 3.8) is 0 Å². The molecule has 0 amide bonds. The molecule has 2 aromatic heterocycles. The molecule has 2 aliphatic heterocycles.